The number of alkyl halides is 3. The van der Waals surface area contributed by atoms with Crippen molar-refractivity contribution in [3.8, 4) is 17.1 Å². The average Bonchev–Trinajstić information content (AvgIpc) is 3.17. The molecule has 3 aromatic heterocycles. The van der Waals surface area contributed by atoms with Crippen molar-refractivity contribution in [3.05, 3.63) is 82.3 Å². The van der Waals surface area contributed by atoms with Crippen molar-refractivity contribution in [3.63, 3.8) is 0 Å². The van der Waals surface area contributed by atoms with Crippen molar-refractivity contribution in [2.75, 3.05) is 18.0 Å². The second-order valence-electron chi connectivity index (χ2n) is 8.22. The molecule has 0 saturated carbocycles. The van der Waals surface area contributed by atoms with Crippen molar-refractivity contribution in [2.24, 2.45) is 7.05 Å². The molecule has 0 spiro atoms. The second kappa shape index (κ2) is 9.06. The molecule has 0 aliphatic carbocycles. The second-order valence-corrected chi connectivity index (χ2v) is 8.22. The molecule has 1 fully saturated rings. The van der Waals surface area contributed by atoms with E-state index in [9.17, 15) is 22.4 Å². The zero-order valence-corrected chi connectivity index (χ0v) is 18.9. The lowest BCUT2D eigenvalue weighted by Gasteiger charge is -2.40. The first-order valence-electron chi connectivity index (χ1n) is 10.8. The molecule has 0 radical (unpaired) electrons. The van der Waals surface area contributed by atoms with Crippen LogP contribution >= 0.6 is 0 Å². The van der Waals surface area contributed by atoms with Gasteiger partial charge in [-0.25, -0.2) is 18.7 Å². The van der Waals surface area contributed by atoms with E-state index in [0.717, 1.165) is 16.8 Å². The van der Waals surface area contributed by atoms with Gasteiger partial charge in [0.2, 0.25) is 5.88 Å². The number of ether oxygens (including phenoxy) is 1. The maximum atomic E-state index is 14.5. The van der Waals surface area contributed by atoms with Crippen LogP contribution in [0.5, 0.6) is 5.88 Å². The Morgan fingerprint density at radius 2 is 1.94 bits per heavy atom. The molecule has 0 bridgehead atoms. The van der Waals surface area contributed by atoms with E-state index in [1.165, 1.54) is 24.0 Å². The van der Waals surface area contributed by atoms with Crippen molar-refractivity contribution >= 4 is 5.69 Å². The summed E-state index contributed by atoms with van der Waals surface area (Å²) < 4.78 is 61.5. The molecule has 0 amide bonds. The minimum absolute atomic E-state index is 0.0266. The maximum absolute atomic E-state index is 14.5. The largest absolute Gasteiger partial charge is 0.471 e. The monoisotopic (exact) mass is 501 g/mol. The van der Waals surface area contributed by atoms with Gasteiger partial charge >= 0.3 is 6.18 Å². The number of aryl methyl sites for hydroxylation is 1. The van der Waals surface area contributed by atoms with Crippen molar-refractivity contribution < 1.29 is 22.3 Å². The van der Waals surface area contributed by atoms with Crippen LogP contribution in [-0.4, -0.2) is 49.0 Å². The Bertz CT molecular complexity index is 1450. The fraction of sp³-hybridized carbons (Fsp3) is 0.261. The van der Waals surface area contributed by atoms with E-state index in [4.69, 9.17) is 4.74 Å². The van der Waals surface area contributed by atoms with E-state index in [2.05, 4.69) is 20.4 Å². The first-order valence-corrected chi connectivity index (χ1v) is 10.8. The van der Waals surface area contributed by atoms with Crippen LogP contribution in [0.1, 0.15) is 11.3 Å². The normalized spacial score (nSPS) is 14.1. The molecule has 9 nitrogen and oxygen atoms in total. The topological polar surface area (TPSA) is 91.0 Å². The van der Waals surface area contributed by atoms with Gasteiger partial charge in [-0.2, -0.15) is 18.3 Å². The van der Waals surface area contributed by atoms with Crippen LogP contribution in [-0.2, 0) is 19.8 Å². The third-order valence-electron chi connectivity index (χ3n) is 5.79. The van der Waals surface area contributed by atoms with Gasteiger partial charge in [-0.3, -0.25) is 4.79 Å². The molecule has 36 heavy (non-hydrogen) atoms. The fourth-order valence-electron chi connectivity index (χ4n) is 3.82. The number of halogens is 4. The molecule has 4 heterocycles. The average molecular weight is 501 g/mol. The molecule has 0 N–H and O–H groups in total. The van der Waals surface area contributed by atoms with Gasteiger partial charge < -0.3 is 9.64 Å². The third kappa shape index (κ3) is 4.63. The van der Waals surface area contributed by atoms with E-state index < -0.39 is 23.1 Å². The lowest BCUT2D eigenvalue weighted by atomic mass is 10.1. The lowest BCUT2D eigenvalue weighted by molar-refractivity contribution is -0.137. The Morgan fingerprint density at radius 3 is 2.61 bits per heavy atom. The van der Waals surface area contributed by atoms with Crippen molar-refractivity contribution in [2.45, 2.75) is 18.8 Å². The molecule has 1 aromatic carbocycles. The number of benzene rings is 1. The molecular weight excluding hydrogens is 482 g/mol. The summed E-state index contributed by atoms with van der Waals surface area (Å²) in [5.74, 6) is -0.566. The van der Waals surface area contributed by atoms with E-state index in [0.29, 0.717) is 36.4 Å². The zero-order chi connectivity index (χ0) is 25.4. The van der Waals surface area contributed by atoms with Crippen LogP contribution < -0.4 is 15.2 Å². The Hall–Kier alpha value is -4.29. The van der Waals surface area contributed by atoms with Gasteiger partial charge in [0.1, 0.15) is 17.6 Å². The van der Waals surface area contributed by atoms with E-state index in [-0.39, 0.29) is 23.9 Å². The summed E-state index contributed by atoms with van der Waals surface area (Å²) in [7, 11) is 1.54. The molecule has 1 saturated heterocycles. The molecule has 13 heteroatoms. The standard InChI is InChI=1S/C23H19F4N7O2/c1-32-19(22(30-31-32)17-6-5-14(8-18(17)24)23(25,26)27)13-34-21(35)9-15(10-29-34)33-11-16(12-33)36-20-4-2-3-7-28-20/h2-10,16H,11-13H2,1H3. The third-order valence-corrected chi connectivity index (χ3v) is 5.79. The summed E-state index contributed by atoms with van der Waals surface area (Å²) in [6, 6.07) is 9.00. The van der Waals surface area contributed by atoms with Crippen molar-refractivity contribution in [1.82, 2.24) is 29.8 Å². The van der Waals surface area contributed by atoms with Crippen LogP contribution in [0.15, 0.2) is 59.7 Å². The van der Waals surface area contributed by atoms with Gasteiger partial charge in [0, 0.05) is 30.9 Å². The van der Waals surface area contributed by atoms with Gasteiger partial charge in [0.25, 0.3) is 5.56 Å². The fourth-order valence-corrected chi connectivity index (χ4v) is 3.82. The van der Waals surface area contributed by atoms with Gasteiger partial charge in [-0.15, -0.1) is 5.10 Å². The van der Waals surface area contributed by atoms with Crippen LogP contribution in [0.4, 0.5) is 23.2 Å². The summed E-state index contributed by atoms with van der Waals surface area (Å²) in [6.45, 7) is 1.01. The molecule has 0 atom stereocenters. The van der Waals surface area contributed by atoms with E-state index in [1.807, 2.05) is 11.0 Å². The predicted molar refractivity (Wildman–Crippen MR) is 120 cm³/mol. The Kier molecular flexibility index (Phi) is 5.90. The minimum Gasteiger partial charge on any atom is -0.471 e. The summed E-state index contributed by atoms with van der Waals surface area (Å²) in [5.41, 5.74) is -0.727. The minimum atomic E-state index is -4.68. The molecule has 1 aliphatic rings. The van der Waals surface area contributed by atoms with Gasteiger partial charge in [-0.05, 0) is 24.3 Å². The number of hydrogen-bond donors (Lipinski definition) is 0. The highest BCUT2D eigenvalue weighted by atomic mass is 19.4. The Labute approximate surface area is 201 Å². The summed E-state index contributed by atoms with van der Waals surface area (Å²) >= 11 is 0. The molecule has 5 rings (SSSR count). The molecule has 0 unspecified atom stereocenters. The zero-order valence-electron chi connectivity index (χ0n) is 18.9. The molecular formula is C23H19F4N7O2. The van der Waals surface area contributed by atoms with Crippen molar-refractivity contribution in [1.29, 1.82) is 0 Å². The van der Waals surface area contributed by atoms with Crippen LogP contribution in [0, 0.1) is 5.82 Å². The molecule has 1 aliphatic heterocycles. The lowest BCUT2D eigenvalue weighted by Crippen LogP contribution is -2.54. The van der Waals surface area contributed by atoms with E-state index in [1.54, 1.807) is 18.3 Å². The van der Waals surface area contributed by atoms with Crippen LogP contribution in [0.3, 0.4) is 0 Å². The van der Waals surface area contributed by atoms with Gasteiger partial charge in [0.05, 0.1) is 42.8 Å². The van der Waals surface area contributed by atoms with Crippen LogP contribution in [0.25, 0.3) is 11.3 Å². The Balaban J connectivity index is 1.31. The SMILES string of the molecule is Cn1nnc(-c2ccc(C(F)(F)F)cc2F)c1Cn1ncc(N2CC(Oc3ccccn3)C2)cc1=O. The smallest absolute Gasteiger partial charge is 0.416 e. The van der Waals surface area contributed by atoms with E-state index >= 15 is 0 Å². The molecule has 186 valence electrons. The number of nitrogens with zero attached hydrogens (tertiary/aromatic N) is 7. The Morgan fingerprint density at radius 1 is 1.14 bits per heavy atom. The number of pyridine rings is 1. The molecule has 4 aromatic rings. The quantitative estimate of drug-likeness (QED) is 0.375. The highest BCUT2D eigenvalue weighted by molar-refractivity contribution is 5.63. The summed E-state index contributed by atoms with van der Waals surface area (Å²) in [4.78, 5) is 18.8. The predicted octanol–water partition coefficient (Wildman–Crippen LogP) is 2.91. The first-order chi connectivity index (χ1) is 17.2. The van der Waals surface area contributed by atoms with Gasteiger partial charge in [-0.1, -0.05) is 11.3 Å². The summed E-state index contributed by atoms with van der Waals surface area (Å²) in [6.07, 6.45) is -1.57. The number of anilines is 1. The number of hydrogen-bond acceptors (Lipinski definition) is 7. The van der Waals surface area contributed by atoms with Gasteiger partial charge in [0.15, 0.2) is 0 Å². The number of aromatic nitrogens is 6. The first kappa shape index (κ1) is 23.5. The van der Waals surface area contributed by atoms with Crippen LogP contribution in [0.2, 0.25) is 0 Å². The highest BCUT2D eigenvalue weighted by Gasteiger charge is 2.32. The maximum Gasteiger partial charge on any atom is 0.416 e. The highest BCUT2D eigenvalue weighted by Crippen LogP contribution is 2.33. The summed E-state index contributed by atoms with van der Waals surface area (Å²) in [5, 5.41) is 12.0. The number of rotatable bonds is 6.